The van der Waals surface area contributed by atoms with E-state index in [1.165, 1.54) is 16.6 Å². The second-order valence-electron chi connectivity index (χ2n) is 3.10. The number of aromatic nitrogens is 2. The van der Waals surface area contributed by atoms with E-state index in [2.05, 4.69) is 16.0 Å². The Morgan fingerprint density at radius 1 is 1.19 bits per heavy atom. The van der Waals surface area contributed by atoms with E-state index in [-0.39, 0.29) is 0 Å². The molecule has 0 saturated heterocycles. The van der Waals surface area contributed by atoms with E-state index in [1.807, 2.05) is 24.4 Å². The van der Waals surface area contributed by atoms with Crippen molar-refractivity contribution in [1.82, 2.24) is 9.97 Å². The van der Waals surface area contributed by atoms with Crippen molar-refractivity contribution in [1.29, 1.82) is 0 Å². The Hall–Kier alpha value is -0.950. The average Bonchev–Trinajstić information content (AvgIpc) is 2.95. The quantitative estimate of drug-likeness (QED) is 0.722. The second kappa shape index (κ2) is 4.14. The van der Waals surface area contributed by atoms with Gasteiger partial charge in [0.05, 0.1) is 15.1 Å². The van der Waals surface area contributed by atoms with Gasteiger partial charge >= 0.3 is 0 Å². The van der Waals surface area contributed by atoms with Crippen molar-refractivity contribution in [2.45, 2.75) is 4.34 Å². The zero-order valence-corrected chi connectivity index (χ0v) is 10.5. The Balaban J connectivity index is 2.11. The molecule has 0 atom stereocenters. The summed E-state index contributed by atoms with van der Waals surface area (Å²) in [7, 11) is 0. The first-order chi connectivity index (χ1) is 7.86. The van der Waals surface area contributed by atoms with Gasteiger partial charge in [0.15, 0.2) is 4.34 Å². The van der Waals surface area contributed by atoms with E-state index in [4.69, 9.17) is 5.14 Å². The van der Waals surface area contributed by atoms with Crippen LogP contribution in [0.15, 0.2) is 34.8 Å². The lowest BCUT2D eigenvalue weighted by Gasteiger charge is -1.84. The highest BCUT2D eigenvalue weighted by Gasteiger charge is 2.09. The van der Waals surface area contributed by atoms with Gasteiger partial charge in [-0.05, 0) is 24.1 Å². The molecule has 0 spiro atoms. The monoisotopic (exact) mass is 265 g/mol. The van der Waals surface area contributed by atoms with Crippen LogP contribution < -0.4 is 5.14 Å². The molecular weight excluding hydrogens is 258 g/mol. The molecule has 0 aliphatic rings. The third-order valence-electron chi connectivity index (χ3n) is 2.09. The predicted molar refractivity (Wildman–Crippen MR) is 70.8 cm³/mol. The summed E-state index contributed by atoms with van der Waals surface area (Å²) in [4.78, 5) is 9.85. The topological polar surface area (TPSA) is 51.8 Å². The number of nitrogens with two attached hydrogens (primary N) is 1. The summed E-state index contributed by atoms with van der Waals surface area (Å²) in [6, 6.07) is 8.13. The standard InChI is InChI=1S/C10H7N3S3/c11-16-10-12-5-8(15-10)9-13-6-3-1-2-4-7(6)14-9/h1-5H,11H2. The van der Waals surface area contributed by atoms with Crippen LogP contribution in [0.3, 0.4) is 0 Å². The van der Waals surface area contributed by atoms with E-state index in [1.54, 1.807) is 22.7 Å². The molecule has 2 aromatic heterocycles. The molecule has 2 heterocycles. The lowest BCUT2D eigenvalue weighted by molar-refractivity contribution is 1.25. The van der Waals surface area contributed by atoms with Gasteiger partial charge in [0.25, 0.3) is 0 Å². The Kier molecular flexibility index (Phi) is 2.64. The van der Waals surface area contributed by atoms with Crippen molar-refractivity contribution in [2.24, 2.45) is 5.14 Å². The van der Waals surface area contributed by atoms with Gasteiger partial charge < -0.3 is 0 Å². The molecule has 6 heteroatoms. The molecule has 80 valence electrons. The zero-order valence-electron chi connectivity index (χ0n) is 8.08. The molecular formula is C10H7N3S3. The summed E-state index contributed by atoms with van der Waals surface area (Å²) in [5.41, 5.74) is 1.04. The van der Waals surface area contributed by atoms with Crippen molar-refractivity contribution < 1.29 is 0 Å². The summed E-state index contributed by atoms with van der Waals surface area (Å²) in [6.07, 6.45) is 1.83. The fourth-order valence-electron chi connectivity index (χ4n) is 1.39. The molecule has 0 radical (unpaired) electrons. The number of para-hydroxylation sites is 1. The molecule has 0 fully saturated rings. The maximum atomic E-state index is 5.46. The van der Waals surface area contributed by atoms with Gasteiger partial charge in [-0.15, -0.1) is 22.7 Å². The van der Waals surface area contributed by atoms with Crippen LogP contribution in [0.2, 0.25) is 0 Å². The highest BCUT2D eigenvalue weighted by atomic mass is 32.2. The summed E-state index contributed by atoms with van der Waals surface area (Å²) in [6.45, 7) is 0. The average molecular weight is 265 g/mol. The molecule has 0 amide bonds. The summed E-state index contributed by atoms with van der Waals surface area (Å²) in [5.74, 6) is 0. The highest BCUT2D eigenvalue weighted by Crippen LogP contribution is 2.34. The predicted octanol–water partition coefficient (Wildman–Crippen LogP) is 3.39. The fraction of sp³-hybridized carbons (Fsp3) is 0. The minimum absolute atomic E-state index is 0.870. The molecule has 16 heavy (non-hydrogen) atoms. The number of benzene rings is 1. The molecule has 0 aliphatic carbocycles. The first kappa shape index (κ1) is 10.2. The van der Waals surface area contributed by atoms with E-state index < -0.39 is 0 Å². The van der Waals surface area contributed by atoms with Gasteiger partial charge in [-0.25, -0.2) is 9.97 Å². The first-order valence-corrected chi connectivity index (χ1v) is 7.06. The van der Waals surface area contributed by atoms with Gasteiger partial charge in [0.1, 0.15) is 5.01 Å². The third kappa shape index (κ3) is 1.73. The molecule has 0 saturated carbocycles. The van der Waals surface area contributed by atoms with Crippen LogP contribution in [0.25, 0.3) is 20.1 Å². The normalized spacial score (nSPS) is 11.1. The second-order valence-corrected chi connectivity index (χ2v) is 6.04. The Labute approximate surface area is 104 Å². The number of thiazole rings is 2. The Morgan fingerprint density at radius 2 is 2.06 bits per heavy atom. The third-order valence-corrected chi connectivity index (χ3v) is 4.93. The minimum Gasteiger partial charge on any atom is -0.272 e. The molecule has 0 bridgehead atoms. The number of nitrogens with zero attached hydrogens (tertiary/aromatic N) is 2. The molecule has 3 nitrogen and oxygen atoms in total. The van der Waals surface area contributed by atoms with Crippen LogP contribution in [-0.4, -0.2) is 9.97 Å². The smallest absolute Gasteiger partial charge is 0.165 e. The van der Waals surface area contributed by atoms with Gasteiger partial charge in [0.2, 0.25) is 0 Å². The van der Waals surface area contributed by atoms with Crippen molar-refractivity contribution in [3.8, 4) is 9.88 Å². The fourth-order valence-corrected chi connectivity index (χ4v) is 3.62. The van der Waals surface area contributed by atoms with Crippen LogP contribution in [0.4, 0.5) is 0 Å². The van der Waals surface area contributed by atoms with E-state index in [0.29, 0.717) is 0 Å². The van der Waals surface area contributed by atoms with Crippen LogP contribution in [0, 0.1) is 0 Å². The highest BCUT2D eigenvalue weighted by molar-refractivity contribution is 7.98. The van der Waals surface area contributed by atoms with Crippen molar-refractivity contribution in [3.63, 3.8) is 0 Å². The van der Waals surface area contributed by atoms with Crippen molar-refractivity contribution in [2.75, 3.05) is 0 Å². The zero-order chi connectivity index (χ0) is 11.0. The maximum Gasteiger partial charge on any atom is 0.165 e. The van der Waals surface area contributed by atoms with Gasteiger partial charge in [-0.3, -0.25) is 5.14 Å². The van der Waals surface area contributed by atoms with Gasteiger partial charge in [-0.2, -0.15) is 0 Å². The number of rotatable bonds is 2. The molecule has 3 rings (SSSR count). The first-order valence-electron chi connectivity index (χ1n) is 4.55. The number of hydrogen-bond donors (Lipinski definition) is 1. The molecule has 3 aromatic rings. The van der Waals surface area contributed by atoms with E-state index >= 15 is 0 Å². The minimum atomic E-state index is 0.870. The van der Waals surface area contributed by atoms with Gasteiger partial charge in [0, 0.05) is 6.20 Å². The summed E-state index contributed by atoms with van der Waals surface area (Å²) < 4.78 is 2.07. The van der Waals surface area contributed by atoms with Crippen LogP contribution in [0.5, 0.6) is 0 Å². The SMILES string of the molecule is NSc1ncc(-c2nc3ccccc3s2)s1. The van der Waals surface area contributed by atoms with Crippen LogP contribution in [-0.2, 0) is 0 Å². The lowest BCUT2D eigenvalue weighted by atomic mass is 10.3. The number of hydrogen-bond acceptors (Lipinski definition) is 6. The van der Waals surface area contributed by atoms with Crippen molar-refractivity contribution >= 4 is 44.8 Å². The van der Waals surface area contributed by atoms with Crippen molar-refractivity contribution in [3.05, 3.63) is 30.5 Å². The molecule has 2 N–H and O–H groups in total. The van der Waals surface area contributed by atoms with Gasteiger partial charge in [-0.1, -0.05) is 12.1 Å². The largest absolute Gasteiger partial charge is 0.272 e. The maximum absolute atomic E-state index is 5.46. The lowest BCUT2D eigenvalue weighted by Crippen LogP contribution is -1.73. The van der Waals surface area contributed by atoms with E-state index in [0.717, 1.165) is 19.7 Å². The van der Waals surface area contributed by atoms with Crippen LogP contribution in [0.1, 0.15) is 0 Å². The molecule has 0 aliphatic heterocycles. The summed E-state index contributed by atoms with van der Waals surface area (Å²) in [5, 5.41) is 6.48. The van der Waals surface area contributed by atoms with Crippen LogP contribution >= 0.6 is 34.6 Å². The van der Waals surface area contributed by atoms with E-state index in [9.17, 15) is 0 Å². The summed E-state index contributed by atoms with van der Waals surface area (Å²) >= 11 is 4.43. The Morgan fingerprint density at radius 3 is 2.81 bits per heavy atom. The molecule has 0 unspecified atom stereocenters. The number of fused-ring (bicyclic) bond motifs is 1. The Bertz CT molecular complexity index is 596. The molecule has 1 aromatic carbocycles.